The van der Waals surface area contributed by atoms with Crippen LogP contribution in [0.3, 0.4) is 0 Å². The highest BCUT2D eigenvalue weighted by atomic mass is 16.5. The zero-order valence-corrected chi connectivity index (χ0v) is 8.54. The molecule has 0 aliphatic carbocycles. The van der Waals surface area contributed by atoms with E-state index in [4.69, 9.17) is 9.47 Å². The molecule has 1 aliphatic heterocycles. The topological polar surface area (TPSA) is 30.5 Å². The van der Waals surface area contributed by atoms with Crippen molar-refractivity contribution in [1.82, 2.24) is 5.32 Å². The van der Waals surface area contributed by atoms with E-state index in [-0.39, 0.29) is 0 Å². The standard InChI is InChI=1S/C11H15NO2/c1-8-3-9(13-2)5-10(4-8)14-11-6-12-7-11/h3-5,11-12H,6-7H2,1-2H3. The molecule has 1 heterocycles. The third kappa shape index (κ3) is 1.99. The molecule has 0 atom stereocenters. The van der Waals surface area contributed by atoms with Crippen molar-refractivity contribution in [2.24, 2.45) is 0 Å². The molecule has 1 aliphatic rings. The second-order valence-corrected chi connectivity index (χ2v) is 3.58. The summed E-state index contributed by atoms with van der Waals surface area (Å²) in [5.41, 5.74) is 1.16. The number of methoxy groups -OCH3 is 1. The molecule has 0 unspecified atom stereocenters. The average Bonchev–Trinajstić information content (AvgIpc) is 2.10. The molecule has 0 spiro atoms. The van der Waals surface area contributed by atoms with Crippen LogP contribution in [-0.2, 0) is 0 Å². The van der Waals surface area contributed by atoms with Gasteiger partial charge in [0.05, 0.1) is 7.11 Å². The fraction of sp³-hybridized carbons (Fsp3) is 0.455. The molecule has 0 saturated carbocycles. The Labute approximate surface area is 84.0 Å². The van der Waals surface area contributed by atoms with Crippen LogP contribution in [0.4, 0.5) is 0 Å². The molecule has 76 valence electrons. The number of aryl methyl sites for hydroxylation is 1. The zero-order chi connectivity index (χ0) is 9.97. The van der Waals surface area contributed by atoms with Crippen LogP contribution < -0.4 is 14.8 Å². The van der Waals surface area contributed by atoms with E-state index < -0.39 is 0 Å². The maximum absolute atomic E-state index is 5.73. The average molecular weight is 193 g/mol. The number of ether oxygens (including phenoxy) is 2. The summed E-state index contributed by atoms with van der Waals surface area (Å²) in [4.78, 5) is 0. The van der Waals surface area contributed by atoms with Gasteiger partial charge in [0.25, 0.3) is 0 Å². The van der Waals surface area contributed by atoms with Gasteiger partial charge in [0, 0.05) is 19.2 Å². The highest BCUT2D eigenvalue weighted by Crippen LogP contribution is 2.23. The number of benzene rings is 1. The Morgan fingerprint density at radius 1 is 1.21 bits per heavy atom. The number of rotatable bonds is 3. The fourth-order valence-corrected chi connectivity index (χ4v) is 1.44. The summed E-state index contributed by atoms with van der Waals surface area (Å²) in [7, 11) is 1.67. The van der Waals surface area contributed by atoms with Gasteiger partial charge >= 0.3 is 0 Å². The predicted octanol–water partition coefficient (Wildman–Crippen LogP) is 1.35. The van der Waals surface area contributed by atoms with Crippen molar-refractivity contribution >= 4 is 0 Å². The number of nitrogens with one attached hydrogen (secondary N) is 1. The predicted molar refractivity (Wildman–Crippen MR) is 55.0 cm³/mol. The van der Waals surface area contributed by atoms with E-state index in [0.29, 0.717) is 6.10 Å². The molecule has 1 aromatic carbocycles. The van der Waals surface area contributed by atoms with Crippen LogP contribution in [0.15, 0.2) is 18.2 Å². The van der Waals surface area contributed by atoms with Crippen molar-refractivity contribution in [2.75, 3.05) is 20.2 Å². The maximum atomic E-state index is 5.73. The summed E-state index contributed by atoms with van der Waals surface area (Å²) in [6.45, 7) is 3.92. The lowest BCUT2D eigenvalue weighted by Gasteiger charge is -2.28. The van der Waals surface area contributed by atoms with Crippen molar-refractivity contribution in [2.45, 2.75) is 13.0 Å². The molecule has 0 amide bonds. The van der Waals surface area contributed by atoms with E-state index in [1.165, 1.54) is 0 Å². The molecule has 14 heavy (non-hydrogen) atoms. The molecule has 3 nitrogen and oxygen atoms in total. The number of hydrogen-bond donors (Lipinski definition) is 1. The van der Waals surface area contributed by atoms with Crippen molar-refractivity contribution < 1.29 is 9.47 Å². The monoisotopic (exact) mass is 193 g/mol. The normalized spacial score (nSPS) is 16.1. The molecule has 0 aromatic heterocycles. The minimum Gasteiger partial charge on any atom is -0.497 e. The van der Waals surface area contributed by atoms with Crippen LogP contribution in [0.5, 0.6) is 11.5 Å². The van der Waals surface area contributed by atoms with Crippen LogP contribution in [-0.4, -0.2) is 26.3 Å². The summed E-state index contributed by atoms with van der Waals surface area (Å²) >= 11 is 0. The first kappa shape index (κ1) is 9.34. The van der Waals surface area contributed by atoms with Gasteiger partial charge in [-0.3, -0.25) is 0 Å². The van der Waals surface area contributed by atoms with Crippen LogP contribution in [0.25, 0.3) is 0 Å². The molecule has 1 aromatic rings. The van der Waals surface area contributed by atoms with Crippen LogP contribution in [0.1, 0.15) is 5.56 Å². The van der Waals surface area contributed by atoms with E-state index in [1.54, 1.807) is 7.11 Å². The second kappa shape index (κ2) is 3.88. The highest BCUT2D eigenvalue weighted by Gasteiger charge is 2.18. The molecule has 3 heteroatoms. The Hall–Kier alpha value is -1.22. The van der Waals surface area contributed by atoms with Gasteiger partial charge in [-0.05, 0) is 24.6 Å². The minimum atomic E-state index is 0.321. The van der Waals surface area contributed by atoms with Crippen molar-refractivity contribution in [3.8, 4) is 11.5 Å². The van der Waals surface area contributed by atoms with E-state index in [9.17, 15) is 0 Å². The second-order valence-electron chi connectivity index (χ2n) is 3.58. The van der Waals surface area contributed by atoms with E-state index in [1.807, 2.05) is 25.1 Å². The molecule has 0 bridgehead atoms. The Morgan fingerprint density at radius 3 is 2.50 bits per heavy atom. The summed E-state index contributed by atoms with van der Waals surface area (Å²) in [6.07, 6.45) is 0.321. The summed E-state index contributed by atoms with van der Waals surface area (Å²) in [6, 6.07) is 5.94. The lowest BCUT2D eigenvalue weighted by atomic mass is 10.2. The van der Waals surface area contributed by atoms with Gasteiger partial charge in [0.1, 0.15) is 17.6 Å². The van der Waals surface area contributed by atoms with Crippen LogP contribution in [0.2, 0.25) is 0 Å². The Morgan fingerprint density at radius 2 is 1.93 bits per heavy atom. The minimum absolute atomic E-state index is 0.321. The number of hydrogen-bond acceptors (Lipinski definition) is 3. The van der Waals surface area contributed by atoms with Gasteiger partial charge in [-0.25, -0.2) is 0 Å². The molecule has 0 radical (unpaired) electrons. The lowest BCUT2D eigenvalue weighted by Crippen LogP contribution is -2.50. The SMILES string of the molecule is COc1cc(C)cc(OC2CNC2)c1. The lowest BCUT2D eigenvalue weighted by molar-refractivity contribution is 0.142. The van der Waals surface area contributed by atoms with Crippen molar-refractivity contribution in [3.05, 3.63) is 23.8 Å². The van der Waals surface area contributed by atoms with Gasteiger partial charge in [-0.2, -0.15) is 0 Å². The van der Waals surface area contributed by atoms with E-state index >= 15 is 0 Å². The Balaban J connectivity index is 2.11. The molecule has 2 rings (SSSR count). The molecule has 1 fully saturated rings. The summed E-state index contributed by atoms with van der Waals surface area (Å²) in [5, 5.41) is 3.17. The first-order valence-electron chi connectivity index (χ1n) is 4.81. The van der Waals surface area contributed by atoms with E-state index in [0.717, 1.165) is 30.2 Å². The van der Waals surface area contributed by atoms with Gasteiger partial charge in [-0.15, -0.1) is 0 Å². The third-order valence-corrected chi connectivity index (χ3v) is 2.31. The van der Waals surface area contributed by atoms with E-state index in [2.05, 4.69) is 5.32 Å². The molecular formula is C11H15NO2. The molecule has 1 N–H and O–H groups in total. The molecule has 1 saturated heterocycles. The first-order chi connectivity index (χ1) is 6.78. The van der Waals surface area contributed by atoms with Gasteiger partial charge < -0.3 is 14.8 Å². The highest BCUT2D eigenvalue weighted by molar-refractivity contribution is 5.38. The molecular weight excluding hydrogens is 178 g/mol. The fourth-order valence-electron chi connectivity index (χ4n) is 1.44. The largest absolute Gasteiger partial charge is 0.497 e. The van der Waals surface area contributed by atoms with Crippen LogP contribution in [0, 0.1) is 6.92 Å². The Bertz CT molecular complexity index is 321. The van der Waals surface area contributed by atoms with Gasteiger partial charge in [0.15, 0.2) is 0 Å². The van der Waals surface area contributed by atoms with Crippen LogP contribution >= 0.6 is 0 Å². The van der Waals surface area contributed by atoms with Gasteiger partial charge in [0.2, 0.25) is 0 Å². The third-order valence-electron chi connectivity index (χ3n) is 2.31. The van der Waals surface area contributed by atoms with Crippen molar-refractivity contribution in [3.63, 3.8) is 0 Å². The first-order valence-corrected chi connectivity index (χ1v) is 4.81. The summed E-state index contributed by atoms with van der Waals surface area (Å²) < 4.78 is 10.9. The van der Waals surface area contributed by atoms with Gasteiger partial charge in [-0.1, -0.05) is 0 Å². The Kier molecular flexibility index (Phi) is 2.59. The summed E-state index contributed by atoms with van der Waals surface area (Å²) in [5.74, 6) is 1.75. The maximum Gasteiger partial charge on any atom is 0.123 e. The zero-order valence-electron chi connectivity index (χ0n) is 8.54. The smallest absolute Gasteiger partial charge is 0.123 e. The van der Waals surface area contributed by atoms with Crippen molar-refractivity contribution in [1.29, 1.82) is 0 Å². The quantitative estimate of drug-likeness (QED) is 0.786.